The topological polar surface area (TPSA) is 66.8 Å². The number of aryl methyl sites for hydroxylation is 2. The summed E-state index contributed by atoms with van der Waals surface area (Å²) in [5.41, 5.74) is 6.15. The summed E-state index contributed by atoms with van der Waals surface area (Å²) in [5, 5.41) is 3.60. The van der Waals surface area contributed by atoms with Crippen molar-refractivity contribution in [1.82, 2.24) is 19.9 Å². The van der Waals surface area contributed by atoms with Gasteiger partial charge in [0.2, 0.25) is 5.95 Å². The van der Waals surface area contributed by atoms with Gasteiger partial charge in [-0.3, -0.25) is 4.98 Å². The molecular weight excluding hydrogens is 360 g/mol. The average molecular weight is 381 g/mol. The lowest BCUT2D eigenvalue weighted by Gasteiger charge is -2.29. The number of fused-ring (bicyclic) bond motifs is 1. The van der Waals surface area contributed by atoms with Gasteiger partial charge in [0.25, 0.3) is 0 Å². The fourth-order valence-electron chi connectivity index (χ4n) is 3.39. The van der Waals surface area contributed by atoms with Crippen molar-refractivity contribution in [1.29, 1.82) is 0 Å². The van der Waals surface area contributed by atoms with Crippen LogP contribution in [-0.2, 0) is 13.0 Å². The second kappa shape index (κ2) is 7.12. The Bertz CT molecular complexity index is 1000. The van der Waals surface area contributed by atoms with Gasteiger partial charge in [0, 0.05) is 32.5 Å². The second-order valence-electron chi connectivity index (χ2n) is 6.80. The molecule has 1 aliphatic rings. The third kappa shape index (κ3) is 3.45. The molecular formula is C20H21ClN6. The highest BCUT2D eigenvalue weighted by Gasteiger charge is 2.21. The van der Waals surface area contributed by atoms with Crippen LogP contribution in [-0.4, -0.2) is 33.5 Å². The fourth-order valence-corrected chi connectivity index (χ4v) is 3.57. The van der Waals surface area contributed by atoms with Crippen molar-refractivity contribution in [3.05, 3.63) is 58.0 Å². The molecule has 0 spiro atoms. The van der Waals surface area contributed by atoms with E-state index < -0.39 is 0 Å². The molecule has 0 atom stereocenters. The van der Waals surface area contributed by atoms with Crippen LogP contribution in [0.15, 0.2) is 30.7 Å². The summed E-state index contributed by atoms with van der Waals surface area (Å²) in [6, 6.07) is 4.20. The van der Waals surface area contributed by atoms with Crippen LogP contribution in [0, 0.1) is 13.8 Å². The molecule has 6 nitrogen and oxygen atoms in total. The summed E-state index contributed by atoms with van der Waals surface area (Å²) in [6.45, 7) is 5.63. The van der Waals surface area contributed by atoms with Crippen LogP contribution in [0.25, 0.3) is 11.4 Å². The van der Waals surface area contributed by atoms with Gasteiger partial charge in [-0.1, -0.05) is 17.7 Å². The molecule has 0 radical (unpaired) electrons. The molecule has 3 aromatic heterocycles. The van der Waals surface area contributed by atoms with Gasteiger partial charge in [-0.2, -0.15) is 0 Å². The molecule has 4 rings (SSSR count). The van der Waals surface area contributed by atoms with Crippen molar-refractivity contribution in [2.75, 3.05) is 23.8 Å². The largest absolute Gasteiger partial charge is 0.373 e. The van der Waals surface area contributed by atoms with Crippen LogP contribution >= 0.6 is 11.6 Å². The molecule has 0 unspecified atom stereocenters. The number of hydrogen-bond donors (Lipinski definition) is 1. The molecule has 0 saturated carbocycles. The SMILES string of the molecule is CNc1cc2c(cn1)CN(c1ncc(Cl)c(-c3ncc(C)cc3C)n1)CC2. The van der Waals surface area contributed by atoms with Crippen molar-refractivity contribution in [2.24, 2.45) is 0 Å². The number of rotatable bonds is 3. The first-order valence-electron chi connectivity index (χ1n) is 8.92. The van der Waals surface area contributed by atoms with Crippen molar-refractivity contribution in [2.45, 2.75) is 26.8 Å². The van der Waals surface area contributed by atoms with E-state index in [1.807, 2.05) is 33.3 Å². The van der Waals surface area contributed by atoms with E-state index >= 15 is 0 Å². The van der Waals surface area contributed by atoms with Crippen molar-refractivity contribution in [3.8, 4) is 11.4 Å². The Morgan fingerprint density at radius 3 is 2.63 bits per heavy atom. The summed E-state index contributed by atoms with van der Waals surface area (Å²) < 4.78 is 0. The summed E-state index contributed by atoms with van der Waals surface area (Å²) in [5.74, 6) is 1.56. The van der Waals surface area contributed by atoms with E-state index in [2.05, 4.69) is 37.3 Å². The molecule has 1 N–H and O–H groups in total. The Balaban J connectivity index is 1.67. The molecule has 1 aliphatic heterocycles. The Kier molecular flexibility index (Phi) is 4.66. The lowest BCUT2D eigenvalue weighted by atomic mass is 10.0. The number of nitrogens with zero attached hydrogens (tertiary/aromatic N) is 5. The monoisotopic (exact) mass is 380 g/mol. The van der Waals surface area contributed by atoms with Crippen LogP contribution in [0.5, 0.6) is 0 Å². The molecule has 0 bridgehead atoms. The van der Waals surface area contributed by atoms with Crippen LogP contribution in [0.4, 0.5) is 11.8 Å². The van der Waals surface area contributed by atoms with Crippen molar-refractivity contribution < 1.29 is 0 Å². The minimum Gasteiger partial charge on any atom is -0.373 e. The number of halogens is 1. The first-order chi connectivity index (χ1) is 13.0. The maximum Gasteiger partial charge on any atom is 0.226 e. The minimum absolute atomic E-state index is 0.510. The smallest absolute Gasteiger partial charge is 0.226 e. The highest BCUT2D eigenvalue weighted by atomic mass is 35.5. The highest BCUT2D eigenvalue weighted by Crippen LogP contribution is 2.30. The molecule has 0 aromatic carbocycles. The molecule has 3 aromatic rings. The maximum atomic E-state index is 6.40. The lowest BCUT2D eigenvalue weighted by Crippen LogP contribution is -2.32. The van der Waals surface area contributed by atoms with Gasteiger partial charge in [-0.05, 0) is 48.6 Å². The van der Waals surface area contributed by atoms with Gasteiger partial charge in [0.05, 0.1) is 16.9 Å². The maximum absolute atomic E-state index is 6.40. The number of nitrogens with one attached hydrogen (secondary N) is 1. The minimum atomic E-state index is 0.510. The summed E-state index contributed by atoms with van der Waals surface area (Å²) in [7, 11) is 1.88. The molecule has 0 amide bonds. The average Bonchev–Trinajstić information content (AvgIpc) is 2.68. The summed E-state index contributed by atoms with van der Waals surface area (Å²) in [4.78, 5) is 20.3. The Morgan fingerprint density at radius 2 is 1.85 bits per heavy atom. The van der Waals surface area contributed by atoms with Gasteiger partial charge in [0.15, 0.2) is 0 Å². The number of aromatic nitrogens is 4. The van der Waals surface area contributed by atoms with Crippen LogP contribution in [0.3, 0.4) is 0 Å². The first-order valence-corrected chi connectivity index (χ1v) is 9.29. The summed E-state index contributed by atoms with van der Waals surface area (Å²) >= 11 is 6.40. The van der Waals surface area contributed by atoms with Gasteiger partial charge >= 0.3 is 0 Å². The number of hydrogen-bond acceptors (Lipinski definition) is 6. The third-order valence-corrected chi connectivity index (χ3v) is 5.08. The van der Waals surface area contributed by atoms with Crippen LogP contribution in [0.2, 0.25) is 5.02 Å². The van der Waals surface area contributed by atoms with E-state index in [1.54, 1.807) is 6.20 Å². The van der Waals surface area contributed by atoms with Crippen LogP contribution in [0.1, 0.15) is 22.3 Å². The molecule has 0 aliphatic carbocycles. The number of anilines is 2. The van der Waals surface area contributed by atoms with E-state index in [-0.39, 0.29) is 0 Å². The lowest BCUT2D eigenvalue weighted by molar-refractivity contribution is 0.705. The Hall–Kier alpha value is -2.73. The van der Waals surface area contributed by atoms with E-state index in [9.17, 15) is 0 Å². The first kappa shape index (κ1) is 17.7. The fraction of sp³-hybridized carbons (Fsp3) is 0.300. The van der Waals surface area contributed by atoms with Gasteiger partial charge in [-0.25, -0.2) is 15.0 Å². The zero-order valence-electron chi connectivity index (χ0n) is 15.6. The Morgan fingerprint density at radius 1 is 1.00 bits per heavy atom. The molecule has 27 heavy (non-hydrogen) atoms. The van der Waals surface area contributed by atoms with Gasteiger partial charge < -0.3 is 10.2 Å². The highest BCUT2D eigenvalue weighted by molar-refractivity contribution is 6.32. The van der Waals surface area contributed by atoms with Gasteiger partial charge in [0.1, 0.15) is 11.5 Å². The second-order valence-corrected chi connectivity index (χ2v) is 7.21. The third-order valence-electron chi connectivity index (χ3n) is 4.80. The van der Waals surface area contributed by atoms with Crippen LogP contribution < -0.4 is 10.2 Å². The molecule has 138 valence electrons. The van der Waals surface area contributed by atoms with E-state index in [0.717, 1.165) is 42.1 Å². The van der Waals surface area contributed by atoms with E-state index in [4.69, 9.17) is 16.6 Å². The van der Waals surface area contributed by atoms with Crippen molar-refractivity contribution >= 4 is 23.4 Å². The van der Waals surface area contributed by atoms with E-state index in [1.165, 1.54) is 11.1 Å². The molecule has 7 heteroatoms. The summed E-state index contributed by atoms with van der Waals surface area (Å²) in [6.07, 6.45) is 6.35. The predicted octanol–water partition coefficient (Wildman–Crippen LogP) is 3.81. The zero-order valence-corrected chi connectivity index (χ0v) is 16.4. The van der Waals surface area contributed by atoms with Crippen molar-refractivity contribution in [3.63, 3.8) is 0 Å². The van der Waals surface area contributed by atoms with Gasteiger partial charge in [-0.15, -0.1) is 0 Å². The Labute approximate surface area is 163 Å². The van der Waals surface area contributed by atoms with E-state index in [0.29, 0.717) is 16.7 Å². The standard InChI is InChI=1S/C20H21ClN6/c1-12-6-13(2)18(24-8-12)19-16(21)10-25-20(26-19)27-5-4-14-7-17(22-3)23-9-15(14)11-27/h6-10H,4-5,11H2,1-3H3,(H,22,23). The molecule has 0 saturated heterocycles. The molecule has 4 heterocycles. The predicted molar refractivity (Wildman–Crippen MR) is 108 cm³/mol. The quantitative estimate of drug-likeness (QED) is 0.745. The zero-order chi connectivity index (χ0) is 19.0. The molecule has 0 fully saturated rings. The normalized spacial score (nSPS) is 13.4. The number of pyridine rings is 2.